The molecule has 1 unspecified atom stereocenters. The molecule has 20 heavy (non-hydrogen) atoms. The Morgan fingerprint density at radius 1 is 1.50 bits per heavy atom. The van der Waals surface area contributed by atoms with Crippen LogP contribution in [0, 0.1) is 5.92 Å². The van der Waals surface area contributed by atoms with Crippen molar-refractivity contribution in [1.29, 1.82) is 0 Å². The van der Waals surface area contributed by atoms with Crippen molar-refractivity contribution in [3.05, 3.63) is 22.2 Å². The van der Waals surface area contributed by atoms with E-state index in [1.165, 1.54) is 6.42 Å². The lowest BCUT2D eigenvalue weighted by molar-refractivity contribution is 0.0411. The Hall–Kier alpha value is -0.780. The first kappa shape index (κ1) is 15.6. The molecule has 0 radical (unpaired) electrons. The lowest BCUT2D eigenvalue weighted by Gasteiger charge is -2.27. The summed E-state index contributed by atoms with van der Waals surface area (Å²) in [5.41, 5.74) is 1.12. The zero-order valence-electron chi connectivity index (χ0n) is 12.1. The van der Waals surface area contributed by atoms with E-state index in [4.69, 9.17) is 9.47 Å². The molecule has 1 N–H and O–H groups in total. The molecule has 1 heterocycles. The van der Waals surface area contributed by atoms with Gasteiger partial charge >= 0.3 is 0 Å². The number of phenolic OH excluding ortho intramolecular Hbond substituents is 1. The third kappa shape index (κ3) is 4.11. The lowest BCUT2D eigenvalue weighted by Crippen LogP contribution is -2.30. The van der Waals surface area contributed by atoms with Gasteiger partial charge in [0.15, 0.2) is 11.5 Å². The van der Waals surface area contributed by atoms with Crippen molar-refractivity contribution in [1.82, 2.24) is 4.90 Å². The van der Waals surface area contributed by atoms with E-state index in [-0.39, 0.29) is 5.75 Å². The molecule has 0 bridgehead atoms. The largest absolute Gasteiger partial charge is 0.503 e. The van der Waals surface area contributed by atoms with Crippen molar-refractivity contribution in [3.8, 4) is 11.5 Å². The number of nitrogens with zero attached hydrogens (tertiary/aromatic N) is 1. The Labute approximate surface area is 128 Å². The van der Waals surface area contributed by atoms with Crippen molar-refractivity contribution < 1.29 is 14.6 Å². The van der Waals surface area contributed by atoms with Crippen LogP contribution in [0.25, 0.3) is 0 Å². The van der Waals surface area contributed by atoms with Crippen LogP contribution in [0.4, 0.5) is 0 Å². The van der Waals surface area contributed by atoms with Crippen molar-refractivity contribution >= 4 is 15.9 Å². The molecule has 1 saturated heterocycles. The molecular formula is C15H22BrNO3. The number of methoxy groups -OCH3 is 1. The number of ether oxygens (including phenoxy) is 2. The number of benzene rings is 1. The van der Waals surface area contributed by atoms with Crippen LogP contribution < -0.4 is 4.74 Å². The van der Waals surface area contributed by atoms with Crippen LogP contribution >= 0.6 is 15.9 Å². The third-order valence-corrected chi connectivity index (χ3v) is 4.19. The van der Waals surface area contributed by atoms with Crippen LogP contribution in [-0.4, -0.2) is 43.9 Å². The number of phenols is 1. The van der Waals surface area contributed by atoms with Gasteiger partial charge in [-0.3, -0.25) is 0 Å². The number of aromatic hydroxyl groups is 1. The molecule has 5 heteroatoms. The molecule has 1 aromatic carbocycles. The molecule has 1 atom stereocenters. The monoisotopic (exact) mass is 343 g/mol. The van der Waals surface area contributed by atoms with E-state index in [9.17, 15) is 5.11 Å². The third-order valence-electron chi connectivity index (χ3n) is 3.59. The highest BCUT2D eigenvalue weighted by Gasteiger charge is 2.16. The summed E-state index contributed by atoms with van der Waals surface area (Å²) in [6.45, 7) is 3.63. The van der Waals surface area contributed by atoms with Gasteiger partial charge in [-0.1, -0.05) is 0 Å². The van der Waals surface area contributed by atoms with Gasteiger partial charge in [0.05, 0.1) is 18.2 Å². The summed E-state index contributed by atoms with van der Waals surface area (Å²) in [7, 11) is 3.68. The molecule has 0 spiro atoms. The molecule has 1 aliphatic rings. The number of halogens is 1. The summed E-state index contributed by atoms with van der Waals surface area (Å²) < 4.78 is 11.4. The fraction of sp³-hybridized carbons (Fsp3) is 0.600. The highest BCUT2D eigenvalue weighted by atomic mass is 79.9. The van der Waals surface area contributed by atoms with E-state index in [0.29, 0.717) is 16.1 Å². The minimum atomic E-state index is 0.152. The van der Waals surface area contributed by atoms with Crippen LogP contribution in [0.3, 0.4) is 0 Å². The van der Waals surface area contributed by atoms with Gasteiger partial charge < -0.3 is 19.5 Å². The van der Waals surface area contributed by atoms with Gasteiger partial charge in [0.2, 0.25) is 0 Å². The zero-order chi connectivity index (χ0) is 14.5. The van der Waals surface area contributed by atoms with Crippen LogP contribution in [0.2, 0.25) is 0 Å². The molecule has 0 aliphatic carbocycles. The second-order valence-electron chi connectivity index (χ2n) is 5.41. The van der Waals surface area contributed by atoms with Gasteiger partial charge in [0.25, 0.3) is 0 Å². The molecule has 1 fully saturated rings. The summed E-state index contributed by atoms with van der Waals surface area (Å²) in [5.74, 6) is 1.28. The summed E-state index contributed by atoms with van der Waals surface area (Å²) in [5, 5.41) is 9.82. The maximum atomic E-state index is 9.82. The first-order valence-corrected chi connectivity index (χ1v) is 7.71. The maximum Gasteiger partial charge on any atom is 0.172 e. The van der Waals surface area contributed by atoms with Gasteiger partial charge in [-0.25, -0.2) is 0 Å². The van der Waals surface area contributed by atoms with Crippen LogP contribution in [0.15, 0.2) is 16.6 Å². The minimum absolute atomic E-state index is 0.152. The van der Waals surface area contributed by atoms with E-state index in [1.54, 1.807) is 7.11 Å². The molecule has 4 nitrogen and oxygen atoms in total. The summed E-state index contributed by atoms with van der Waals surface area (Å²) in [6.07, 6.45) is 2.41. The predicted molar refractivity (Wildman–Crippen MR) is 82.2 cm³/mol. The van der Waals surface area contributed by atoms with Crippen molar-refractivity contribution in [2.75, 3.05) is 33.9 Å². The van der Waals surface area contributed by atoms with E-state index >= 15 is 0 Å². The van der Waals surface area contributed by atoms with Crippen molar-refractivity contribution in [2.45, 2.75) is 19.4 Å². The topological polar surface area (TPSA) is 41.9 Å². The number of hydrogen-bond donors (Lipinski definition) is 1. The molecular weight excluding hydrogens is 322 g/mol. The smallest absolute Gasteiger partial charge is 0.172 e. The predicted octanol–water partition coefficient (Wildman–Crippen LogP) is 3.02. The molecule has 0 saturated carbocycles. The number of rotatable bonds is 5. The van der Waals surface area contributed by atoms with Crippen molar-refractivity contribution in [2.24, 2.45) is 5.92 Å². The quantitative estimate of drug-likeness (QED) is 0.892. The van der Waals surface area contributed by atoms with Gasteiger partial charge in [0, 0.05) is 19.7 Å². The average molecular weight is 344 g/mol. The van der Waals surface area contributed by atoms with E-state index in [0.717, 1.165) is 38.3 Å². The number of hydrogen-bond acceptors (Lipinski definition) is 4. The van der Waals surface area contributed by atoms with Gasteiger partial charge in [0.1, 0.15) is 0 Å². The first-order chi connectivity index (χ1) is 9.60. The summed E-state index contributed by atoms with van der Waals surface area (Å²) in [4.78, 5) is 2.29. The Bertz CT molecular complexity index is 447. The fourth-order valence-corrected chi connectivity index (χ4v) is 3.13. The standard InChI is InChI=1S/C15H22BrNO3/c1-17(8-11-4-3-5-20-10-11)9-12-6-13(16)15(18)14(7-12)19-2/h6-7,11,18H,3-5,8-10H2,1-2H3. The highest BCUT2D eigenvalue weighted by molar-refractivity contribution is 9.10. The normalized spacial score (nSPS) is 19.3. The molecule has 0 amide bonds. The van der Waals surface area contributed by atoms with Gasteiger partial charge in [-0.05, 0) is 59.4 Å². The average Bonchev–Trinajstić information content (AvgIpc) is 2.43. The van der Waals surface area contributed by atoms with Gasteiger partial charge in [-0.15, -0.1) is 0 Å². The Kier molecular flexibility index (Phi) is 5.69. The van der Waals surface area contributed by atoms with E-state index in [1.807, 2.05) is 12.1 Å². The molecule has 112 valence electrons. The zero-order valence-corrected chi connectivity index (χ0v) is 13.6. The minimum Gasteiger partial charge on any atom is -0.503 e. The lowest BCUT2D eigenvalue weighted by atomic mass is 10.0. The SMILES string of the molecule is COc1cc(CN(C)CC2CCCOC2)cc(Br)c1O. The van der Waals surface area contributed by atoms with Crippen LogP contribution in [0.5, 0.6) is 11.5 Å². The van der Waals surface area contributed by atoms with E-state index < -0.39 is 0 Å². The highest BCUT2D eigenvalue weighted by Crippen LogP contribution is 2.35. The maximum absolute atomic E-state index is 9.82. The molecule has 0 aromatic heterocycles. The Balaban J connectivity index is 1.96. The summed E-state index contributed by atoms with van der Waals surface area (Å²) >= 11 is 3.36. The molecule has 1 aliphatic heterocycles. The van der Waals surface area contributed by atoms with E-state index in [2.05, 4.69) is 27.9 Å². The van der Waals surface area contributed by atoms with Crippen molar-refractivity contribution in [3.63, 3.8) is 0 Å². The van der Waals surface area contributed by atoms with Crippen LogP contribution in [0.1, 0.15) is 18.4 Å². The van der Waals surface area contributed by atoms with Crippen LogP contribution in [-0.2, 0) is 11.3 Å². The molecule has 2 rings (SSSR count). The second kappa shape index (κ2) is 7.29. The Morgan fingerprint density at radius 3 is 2.95 bits per heavy atom. The fourth-order valence-electron chi connectivity index (χ4n) is 2.64. The van der Waals surface area contributed by atoms with Gasteiger partial charge in [-0.2, -0.15) is 0 Å². The second-order valence-corrected chi connectivity index (χ2v) is 6.26. The first-order valence-electron chi connectivity index (χ1n) is 6.91. The molecule has 1 aromatic rings. The summed E-state index contributed by atoms with van der Waals surface area (Å²) in [6, 6.07) is 3.82. The Morgan fingerprint density at radius 2 is 2.30 bits per heavy atom.